The van der Waals surface area contributed by atoms with Gasteiger partial charge in [-0.2, -0.15) is 0 Å². The summed E-state index contributed by atoms with van der Waals surface area (Å²) in [5.74, 6) is 0.846. The topological polar surface area (TPSA) is 45.2 Å². The van der Waals surface area contributed by atoms with Gasteiger partial charge in [0, 0.05) is 31.4 Å². The van der Waals surface area contributed by atoms with Gasteiger partial charge in [-0.3, -0.25) is 4.79 Å². The molecule has 1 aliphatic carbocycles. The van der Waals surface area contributed by atoms with Crippen LogP contribution in [0.2, 0.25) is 0 Å². The van der Waals surface area contributed by atoms with Gasteiger partial charge in [-0.1, -0.05) is 13.8 Å². The van der Waals surface area contributed by atoms with Crippen molar-refractivity contribution in [3.63, 3.8) is 0 Å². The number of amides is 1. The van der Waals surface area contributed by atoms with Crippen LogP contribution in [0.1, 0.15) is 55.6 Å². The molecule has 0 atom stereocenters. The average Bonchev–Trinajstić information content (AvgIpc) is 2.45. The number of pyridine rings is 1. The average molecular weight is 289 g/mol. The van der Waals surface area contributed by atoms with Gasteiger partial charge in [-0.05, 0) is 50.2 Å². The summed E-state index contributed by atoms with van der Waals surface area (Å²) in [4.78, 5) is 19.0. The number of aryl methyl sites for hydroxylation is 1. The van der Waals surface area contributed by atoms with E-state index in [2.05, 4.69) is 24.1 Å². The number of hydrogen-bond donors (Lipinski definition) is 1. The molecule has 1 aromatic rings. The maximum absolute atomic E-state index is 12.7. The van der Waals surface area contributed by atoms with Crippen LogP contribution >= 0.6 is 0 Å². The minimum Gasteiger partial charge on any atom is -0.373 e. The molecule has 0 unspecified atom stereocenters. The molecule has 0 aromatic carbocycles. The highest BCUT2D eigenvalue weighted by Crippen LogP contribution is 2.36. The van der Waals surface area contributed by atoms with E-state index in [1.807, 2.05) is 38.1 Å². The summed E-state index contributed by atoms with van der Waals surface area (Å²) in [7, 11) is 3.75. The van der Waals surface area contributed by atoms with E-state index >= 15 is 0 Å². The number of anilines is 1. The Morgan fingerprint density at radius 2 is 1.95 bits per heavy atom. The Morgan fingerprint density at radius 3 is 2.52 bits per heavy atom. The number of carbonyl (C=O) groups is 1. The van der Waals surface area contributed by atoms with Crippen molar-refractivity contribution in [3.05, 3.63) is 23.4 Å². The van der Waals surface area contributed by atoms with Crippen LogP contribution in [0, 0.1) is 12.3 Å². The Balaban J connectivity index is 2.11. The van der Waals surface area contributed by atoms with Crippen molar-refractivity contribution in [1.29, 1.82) is 0 Å². The highest BCUT2D eigenvalue weighted by atomic mass is 16.2. The molecule has 1 aromatic heterocycles. The number of nitrogens with one attached hydrogen (secondary N) is 1. The number of carbonyl (C=O) groups excluding carboxylic acids is 1. The minimum atomic E-state index is 0.0988. The molecule has 1 heterocycles. The standard InChI is InChI=1S/C17H27N3O/c1-12-10-13(11-15(18-4)19-12)16(21)20(5)14-6-8-17(2,3)9-7-14/h10-11,14H,6-9H2,1-5H3,(H,18,19). The first kappa shape index (κ1) is 15.8. The lowest BCUT2D eigenvalue weighted by molar-refractivity contribution is 0.0635. The van der Waals surface area contributed by atoms with E-state index in [0.717, 1.165) is 29.9 Å². The molecule has 2 rings (SSSR count). The summed E-state index contributed by atoms with van der Waals surface area (Å²) in [5.41, 5.74) is 2.01. The molecule has 1 fully saturated rings. The monoisotopic (exact) mass is 289 g/mol. The van der Waals surface area contributed by atoms with Gasteiger partial charge >= 0.3 is 0 Å². The molecular weight excluding hydrogens is 262 g/mol. The van der Waals surface area contributed by atoms with Gasteiger partial charge in [0.25, 0.3) is 5.91 Å². The van der Waals surface area contributed by atoms with Gasteiger partial charge < -0.3 is 10.2 Å². The molecule has 0 radical (unpaired) electrons. The zero-order chi connectivity index (χ0) is 15.6. The van der Waals surface area contributed by atoms with Crippen LogP contribution in [0.5, 0.6) is 0 Å². The fourth-order valence-corrected chi connectivity index (χ4v) is 3.06. The largest absolute Gasteiger partial charge is 0.373 e. The van der Waals surface area contributed by atoms with E-state index in [9.17, 15) is 4.79 Å². The lowest BCUT2D eigenvalue weighted by Crippen LogP contribution is -2.40. The first-order valence-corrected chi connectivity index (χ1v) is 7.76. The highest BCUT2D eigenvalue weighted by molar-refractivity contribution is 5.95. The molecular formula is C17H27N3O. The molecule has 1 amide bonds. The Bertz CT molecular complexity index is 515. The molecule has 116 valence electrons. The fraction of sp³-hybridized carbons (Fsp3) is 0.647. The van der Waals surface area contributed by atoms with E-state index in [0.29, 0.717) is 11.5 Å². The molecule has 1 aliphatic rings. The van der Waals surface area contributed by atoms with Crippen LogP contribution in [-0.2, 0) is 0 Å². The van der Waals surface area contributed by atoms with Crippen LogP contribution < -0.4 is 5.32 Å². The molecule has 0 spiro atoms. The van der Waals surface area contributed by atoms with Gasteiger partial charge in [0.2, 0.25) is 0 Å². The minimum absolute atomic E-state index is 0.0988. The van der Waals surface area contributed by atoms with Crippen molar-refractivity contribution in [3.8, 4) is 0 Å². The summed E-state index contributed by atoms with van der Waals surface area (Å²) in [5, 5.41) is 3.01. The first-order valence-electron chi connectivity index (χ1n) is 7.76. The molecule has 0 aliphatic heterocycles. The molecule has 1 N–H and O–H groups in total. The SMILES string of the molecule is CNc1cc(C(=O)N(C)C2CCC(C)(C)CC2)cc(C)n1. The summed E-state index contributed by atoms with van der Waals surface area (Å²) in [6.07, 6.45) is 4.56. The molecule has 0 saturated heterocycles. The number of rotatable bonds is 3. The normalized spacial score (nSPS) is 18.3. The smallest absolute Gasteiger partial charge is 0.254 e. The van der Waals surface area contributed by atoms with E-state index < -0.39 is 0 Å². The first-order chi connectivity index (χ1) is 9.82. The van der Waals surface area contributed by atoms with Gasteiger partial charge in [0.15, 0.2) is 0 Å². The molecule has 0 bridgehead atoms. The van der Waals surface area contributed by atoms with Crippen molar-refractivity contribution in [2.75, 3.05) is 19.4 Å². The summed E-state index contributed by atoms with van der Waals surface area (Å²) in [6.45, 7) is 6.55. The van der Waals surface area contributed by atoms with Crippen LogP contribution in [0.15, 0.2) is 12.1 Å². The summed E-state index contributed by atoms with van der Waals surface area (Å²) < 4.78 is 0. The predicted octanol–water partition coefficient (Wildman–Crippen LogP) is 3.47. The summed E-state index contributed by atoms with van der Waals surface area (Å²) in [6, 6.07) is 4.06. The molecule has 4 heteroatoms. The van der Waals surface area contributed by atoms with Gasteiger partial charge in [0.05, 0.1) is 0 Å². The van der Waals surface area contributed by atoms with Gasteiger partial charge in [-0.15, -0.1) is 0 Å². The summed E-state index contributed by atoms with van der Waals surface area (Å²) >= 11 is 0. The molecule has 4 nitrogen and oxygen atoms in total. The predicted molar refractivity (Wildman–Crippen MR) is 86.7 cm³/mol. The van der Waals surface area contributed by atoms with Crippen LogP contribution in [0.4, 0.5) is 5.82 Å². The Hall–Kier alpha value is -1.58. The number of hydrogen-bond acceptors (Lipinski definition) is 3. The van der Waals surface area contributed by atoms with E-state index in [4.69, 9.17) is 0 Å². The van der Waals surface area contributed by atoms with Crippen LogP contribution in [-0.4, -0.2) is 35.9 Å². The third-order valence-electron chi connectivity index (χ3n) is 4.63. The van der Waals surface area contributed by atoms with Crippen molar-refractivity contribution in [1.82, 2.24) is 9.88 Å². The van der Waals surface area contributed by atoms with Gasteiger partial charge in [-0.25, -0.2) is 4.98 Å². The maximum Gasteiger partial charge on any atom is 0.254 e. The second-order valence-electron chi connectivity index (χ2n) is 6.94. The number of nitrogens with zero attached hydrogens (tertiary/aromatic N) is 2. The lowest BCUT2D eigenvalue weighted by atomic mass is 9.75. The van der Waals surface area contributed by atoms with Crippen molar-refractivity contribution >= 4 is 11.7 Å². The second kappa shape index (κ2) is 6.04. The second-order valence-corrected chi connectivity index (χ2v) is 6.94. The van der Waals surface area contributed by atoms with E-state index in [1.54, 1.807) is 0 Å². The molecule has 1 saturated carbocycles. The van der Waals surface area contributed by atoms with Crippen molar-refractivity contribution < 1.29 is 4.79 Å². The lowest BCUT2D eigenvalue weighted by Gasteiger charge is -2.38. The Labute approximate surface area is 127 Å². The third kappa shape index (κ3) is 3.74. The maximum atomic E-state index is 12.7. The van der Waals surface area contributed by atoms with Crippen molar-refractivity contribution in [2.45, 2.75) is 52.5 Å². The number of aromatic nitrogens is 1. The third-order valence-corrected chi connectivity index (χ3v) is 4.63. The molecule has 21 heavy (non-hydrogen) atoms. The Kier molecular flexibility index (Phi) is 4.55. The Morgan fingerprint density at radius 1 is 1.33 bits per heavy atom. The zero-order valence-electron chi connectivity index (χ0n) is 13.9. The fourth-order valence-electron chi connectivity index (χ4n) is 3.06. The highest BCUT2D eigenvalue weighted by Gasteiger charge is 2.30. The van der Waals surface area contributed by atoms with E-state index in [1.165, 1.54) is 12.8 Å². The quantitative estimate of drug-likeness (QED) is 0.926. The zero-order valence-corrected chi connectivity index (χ0v) is 13.9. The van der Waals surface area contributed by atoms with Crippen LogP contribution in [0.25, 0.3) is 0 Å². The van der Waals surface area contributed by atoms with E-state index in [-0.39, 0.29) is 5.91 Å². The van der Waals surface area contributed by atoms with Crippen molar-refractivity contribution in [2.24, 2.45) is 5.41 Å². The van der Waals surface area contributed by atoms with Crippen LogP contribution in [0.3, 0.4) is 0 Å². The van der Waals surface area contributed by atoms with Gasteiger partial charge in [0.1, 0.15) is 5.82 Å².